The van der Waals surface area contributed by atoms with Crippen LogP contribution in [0, 0.1) is 5.92 Å². The van der Waals surface area contributed by atoms with Crippen molar-refractivity contribution in [2.24, 2.45) is 5.92 Å². The van der Waals surface area contributed by atoms with E-state index in [4.69, 9.17) is 4.74 Å². The first-order valence-corrected chi connectivity index (χ1v) is 7.61. The number of nitrogens with zero attached hydrogens (tertiary/aromatic N) is 1. The predicted octanol–water partition coefficient (Wildman–Crippen LogP) is 1.69. The van der Waals surface area contributed by atoms with E-state index in [0.29, 0.717) is 12.0 Å². The number of aldehydes is 1. The minimum absolute atomic E-state index is 0.325. The summed E-state index contributed by atoms with van der Waals surface area (Å²) in [6, 6.07) is 1.35. The van der Waals surface area contributed by atoms with Gasteiger partial charge >= 0.3 is 0 Å². The molecular formula is C15H30N2O2. The summed E-state index contributed by atoms with van der Waals surface area (Å²) in [7, 11) is 1.95. The monoisotopic (exact) mass is 270 g/mol. The van der Waals surface area contributed by atoms with Gasteiger partial charge in [-0.25, -0.2) is 0 Å². The number of hydrogen-bond acceptors (Lipinski definition) is 4. The number of carbonyl (C=O) groups excluding carboxylic acids is 1. The smallest absolute Gasteiger partial charge is 0.123 e. The molecule has 0 saturated carbocycles. The molecule has 4 nitrogen and oxygen atoms in total. The van der Waals surface area contributed by atoms with Crippen LogP contribution in [-0.2, 0) is 9.53 Å². The molecule has 0 aliphatic carbocycles. The third kappa shape index (κ3) is 6.50. The lowest BCUT2D eigenvalue weighted by Crippen LogP contribution is -2.44. The Bertz CT molecular complexity index is 232. The average Bonchev–Trinajstić information content (AvgIpc) is 2.49. The van der Waals surface area contributed by atoms with E-state index in [1.165, 1.54) is 12.8 Å². The number of piperidine rings is 1. The van der Waals surface area contributed by atoms with E-state index in [2.05, 4.69) is 24.1 Å². The standard InChI is InChI=1S/C11H19NO2.C4H11N/c13-9-10-1-5-12(6-2-10)11-3-7-14-8-4-11;1-4(2)5-3/h9-11H,1-8H2;4-5H,1-3H3. The Hall–Kier alpha value is -0.450. The lowest BCUT2D eigenvalue weighted by molar-refractivity contribution is -0.112. The number of likely N-dealkylation sites (tertiary alicyclic amines) is 1. The topological polar surface area (TPSA) is 41.6 Å². The lowest BCUT2D eigenvalue weighted by Gasteiger charge is -2.38. The Kier molecular flexibility index (Phi) is 8.26. The highest BCUT2D eigenvalue weighted by molar-refractivity contribution is 5.53. The molecule has 0 atom stereocenters. The summed E-state index contributed by atoms with van der Waals surface area (Å²) >= 11 is 0. The molecule has 2 aliphatic heterocycles. The van der Waals surface area contributed by atoms with Gasteiger partial charge in [-0.2, -0.15) is 0 Å². The fraction of sp³-hybridized carbons (Fsp3) is 0.933. The number of hydrogen-bond donors (Lipinski definition) is 1. The minimum Gasteiger partial charge on any atom is -0.381 e. The van der Waals surface area contributed by atoms with E-state index in [1.54, 1.807) is 0 Å². The molecule has 19 heavy (non-hydrogen) atoms. The molecule has 2 aliphatic rings. The van der Waals surface area contributed by atoms with Crippen molar-refractivity contribution in [3.63, 3.8) is 0 Å². The van der Waals surface area contributed by atoms with E-state index in [0.717, 1.165) is 51.5 Å². The fourth-order valence-corrected chi connectivity index (χ4v) is 2.47. The minimum atomic E-state index is 0.325. The Balaban J connectivity index is 0.000000312. The van der Waals surface area contributed by atoms with E-state index >= 15 is 0 Å². The van der Waals surface area contributed by atoms with Crippen LogP contribution in [0.5, 0.6) is 0 Å². The summed E-state index contributed by atoms with van der Waals surface area (Å²) < 4.78 is 5.35. The highest BCUT2D eigenvalue weighted by Gasteiger charge is 2.25. The molecule has 4 heteroatoms. The molecule has 0 bridgehead atoms. The quantitative estimate of drug-likeness (QED) is 0.793. The second-order valence-corrected chi connectivity index (χ2v) is 5.80. The molecule has 0 unspecified atom stereocenters. The second kappa shape index (κ2) is 9.45. The van der Waals surface area contributed by atoms with Gasteiger partial charge in [-0.05, 0) is 45.8 Å². The van der Waals surface area contributed by atoms with Crippen LogP contribution in [0.4, 0.5) is 0 Å². The zero-order valence-corrected chi connectivity index (χ0v) is 12.7. The van der Waals surface area contributed by atoms with Gasteiger partial charge < -0.3 is 19.7 Å². The van der Waals surface area contributed by atoms with E-state index in [1.807, 2.05) is 7.05 Å². The molecule has 112 valence electrons. The van der Waals surface area contributed by atoms with Crippen LogP contribution >= 0.6 is 0 Å². The van der Waals surface area contributed by atoms with Crippen molar-refractivity contribution in [1.82, 2.24) is 10.2 Å². The summed E-state index contributed by atoms with van der Waals surface area (Å²) in [5, 5.41) is 3.03. The zero-order chi connectivity index (χ0) is 14.1. The summed E-state index contributed by atoms with van der Waals surface area (Å²) in [6.45, 7) is 8.26. The van der Waals surface area contributed by atoms with Crippen molar-refractivity contribution >= 4 is 6.29 Å². The van der Waals surface area contributed by atoms with E-state index < -0.39 is 0 Å². The van der Waals surface area contributed by atoms with Gasteiger partial charge in [-0.3, -0.25) is 0 Å². The highest BCUT2D eigenvalue weighted by Crippen LogP contribution is 2.21. The summed E-state index contributed by atoms with van der Waals surface area (Å²) in [5.74, 6) is 0.325. The molecule has 0 aromatic carbocycles. The average molecular weight is 270 g/mol. The maximum Gasteiger partial charge on any atom is 0.123 e. The SMILES string of the molecule is CNC(C)C.O=CC1CCN(C2CCOCC2)CC1. The van der Waals surface area contributed by atoms with Crippen molar-refractivity contribution in [3.8, 4) is 0 Å². The fourth-order valence-electron chi connectivity index (χ4n) is 2.47. The molecular weight excluding hydrogens is 240 g/mol. The van der Waals surface area contributed by atoms with Gasteiger partial charge in [0.25, 0.3) is 0 Å². The summed E-state index contributed by atoms with van der Waals surface area (Å²) in [5.41, 5.74) is 0. The first-order valence-electron chi connectivity index (χ1n) is 7.61. The first-order chi connectivity index (χ1) is 9.17. The highest BCUT2D eigenvalue weighted by atomic mass is 16.5. The van der Waals surface area contributed by atoms with Crippen molar-refractivity contribution in [1.29, 1.82) is 0 Å². The maximum absolute atomic E-state index is 10.6. The van der Waals surface area contributed by atoms with Crippen LogP contribution in [0.15, 0.2) is 0 Å². The molecule has 0 aromatic rings. The Morgan fingerprint density at radius 1 is 1.16 bits per heavy atom. The van der Waals surface area contributed by atoms with Crippen molar-refractivity contribution < 1.29 is 9.53 Å². The number of nitrogens with one attached hydrogen (secondary N) is 1. The van der Waals surface area contributed by atoms with Gasteiger partial charge in [-0.1, -0.05) is 13.8 Å². The van der Waals surface area contributed by atoms with Gasteiger partial charge in [0.05, 0.1) is 0 Å². The van der Waals surface area contributed by atoms with Crippen LogP contribution in [0.25, 0.3) is 0 Å². The van der Waals surface area contributed by atoms with Gasteiger partial charge in [0.2, 0.25) is 0 Å². The van der Waals surface area contributed by atoms with Gasteiger partial charge in [0.1, 0.15) is 6.29 Å². The Labute approximate surface area is 117 Å². The third-order valence-electron chi connectivity index (χ3n) is 4.05. The van der Waals surface area contributed by atoms with Gasteiger partial charge in [0, 0.05) is 31.2 Å². The Morgan fingerprint density at radius 2 is 1.68 bits per heavy atom. The van der Waals surface area contributed by atoms with Crippen molar-refractivity contribution in [3.05, 3.63) is 0 Å². The van der Waals surface area contributed by atoms with E-state index in [-0.39, 0.29) is 0 Å². The number of rotatable bonds is 3. The molecule has 2 fully saturated rings. The molecule has 2 saturated heterocycles. The van der Waals surface area contributed by atoms with Crippen LogP contribution < -0.4 is 5.32 Å². The normalized spacial score (nSPS) is 22.9. The molecule has 0 amide bonds. The first kappa shape index (κ1) is 16.6. The van der Waals surface area contributed by atoms with Crippen molar-refractivity contribution in [2.45, 2.75) is 51.6 Å². The second-order valence-electron chi connectivity index (χ2n) is 5.80. The van der Waals surface area contributed by atoms with Gasteiger partial charge in [0.15, 0.2) is 0 Å². The predicted molar refractivity (Wildman–Crippen MR) is 78.4 cm³/mol. The molecule has 0 radical (unpaired) electrons. The Morgan fingerprint density at radius 3 is 2.11 bits per heavy atom. The zero-order valence-electron chi connectivity index (χ0n) is 12.7. The van der Waals surface area contributed by atoms with Crippen LogP contribution in [-0.4, -0.2) is 56.6 Å². The largest absolute Gasteiger partial charge is 0.381 e. The number of carbonyl (C=O) groups is 1. The number of ether oxygens (including phenoxy) is 1. The lowest BCUT2D eigenvalue weighted by atomic mass is 9.95. The summed E-state index contributed by atoms with van der Waals surface area (Å²) in [6.07, 6.45) is 5.58. The van der Waals surface area contributed by atoms with Gasteiger partial charge in [-0.15, -0.1) is 0 Å². The molecule has 0 aromatic heterocycles. The molecule has 2 heterocycles. The maximum atomic E-state index is 10.6. The van der Waals surface area contributed by atoms with Crippen LogP contribution in [0.3, 0.4) is 0 Å². The molecule has 0 spiro atoms. The summed E-state index contributed by atoms with van der Waals surface area (Å²) in [4.78, 5) is 13.1. The van der Waals surface area contributed by atoms with Crippen LogP contribution in [0.1, 0.15) is 39.5 Å². The molecule has 1 N–H and O–H groups in total. The van der Waals surface area contributed by atoms with Crippen LogP contribution in [0.2, 0.25) is 0 Å². The molecule has 2 rings (SSSR count). The van der Waals surface area contributed by atoms with Crippen molar-refractivity contribution in [2.75, 3.05) is 33.4 Å². The van der Waals surface area contributed by atoms with E-state index in [9.17, 15) is 4.79 Å². The third-order valence-corrected chi connectivity index (χ3v) is 4.05.